The number of benzene rings is 2. The number of carbonyl (C=O) groups excluding carboxylic acids is 3. The number of rotatable bonds is 11. The van der Waals surface area contributed by atoms with E-state index in [0.29, 0.717) is 6.42 Å². The van der Waals surface area contributed by atoms with Gasteiger partial charge in [0.05, 0.1) is 6.04 Å². The van der Waals surface area contributed by atoms with Gasteiger partial charge in [-0.3, -0.25) is 4.79 Å². The molecular weight excluding hydrogens is 420 g/mol. The number of amides is 2. The fourth-order valence-corrected chi connectivity index (χ4v) is 4.14. The summed E-state index contributed by atoms with van der Waals surface area (Å²) in [5.74, 6) is -0.582. The van der Waals surface area contributed by atoms with Crippen LogP contribution >= 0.6 is 0 Å². The Morgan fingerprint density at radius 1 is 1.09 bits per heavy atom. The van der Waals surface area contributed by atoms with Crippen LogP contribution in [0, 0.1) is 5.92 Å². The van der Waals surface area contributed by atoms with E-state index in [4.69, 9.17) is 16.2 Å². The number of alkyl carbamates (subject to hydrolysis) is 1. The lowest BCUT2D eigenvalue weighted by Crippen LogP contribution is -2.49. The number of fused-ring (bicyclic) bond motifs is 3. The Hall–Kier alpha value is -3.23. The molecule has 3 atom stereocenters. The van der Waals surface area contributed by atoms with Crippen molar-refractivity contribution in [3.8, 4) is 11.1 Å². The van der Waals surface area contributed by atoms with E-state index in [1.807, 2.05) is 24.3 Å². The molecule has 2 aromatic rings. The molecule has 0 radical (unpaired) electrons. The molecule has 3 rings (SSSR count). The van der Waals surface area contributed by atoms with Crippen LogP contribution in [0.2, 0.25) is 0 Å². The number of hydrogen-bond acceptors (Lipinski definition) is 6. The van der Waals surface area contributed by atoms with Crippen LogP contribution in [-0.2, 0) is 14.3 Å². The third-order valence-corrected chi connectivity index (χ3v) is 5.92. The first-order chi connectivity index (χ1) is 15.9. The number of ether oxygens (including phenoxy) is 1. The summed E-state index contributed by atoms with van der Waals surface area (Å²) in [6, 6.07) is 15.1. The minimum absolute atomic E-state index is 0.0156. The minimum Gasteiger partial charge on any atom is -0.449 e. The molecule has 0 fully saturated rings. The van der Waals surface area contributed by atoms with Gasteiger partial charge in [0, 0.05) is 31.0 Å². The molecule has 8 nitrogen and oxygen atoms in total. The summed E-state index contributed by atoms with van der Waals surface area (Å²) in [4.78, 5) is 35.3. The van der Waals surface area contributed by atoms with Gasteiger partial charge in [0.1, 0.15) is 12.9 Å². The molecule has 0 bridgehead atoms. The van der Waals surface area contributed by atoms with Gasteiger partial charge in [-0.25, -0.2) is 4.79 Å². The van der Waals surface area contributed by atoms with Crippen molar-refractivity contribution in [2.75, 3.05) is 19.7 Å². The number of carbonyl (C=O) groups is 3. The number of nitrogens with one attached hydrogen (secondary N) is 2. The monoisotopic (exact) mass is 452 g/mol. The Bertz CT molecular complexity index is 935. The molecule has 0 aromatic heterocycles. The highest BCUT2D eigenvalue weighted by Crippen LogP contribution is 2.44. The molecule has 0 unspecified atom stereocenters. The molecule has 0 spiro atoms. The first kappa shape index (κ1) is 24.4. The third kappa shape index (κ3) is 6.18. The quantitative estimate of drug-likeness (QED) is 0.385. The SMILES string of the molecule is C[C@H](C=O)C[C@@H](CN)NC(=O)[C@@H](N)CCNC(=O)OCC1c2ccccc2-c2ccccc21. The molecule has 1 aliphatic carbocycles. The zero-order valence-corrected chi connectivity index (χ0v) is 18.8. The maximum Gasteiger partial charge on any atom is 0.407 e. The predicted octanol–water partition coefficient (Wildman–Crippen LogP) is 1.91. The van der Waals surface area contributed by atoms with Gasteiger partial charge in [0.25, 0.3) is 0 Å². The van der Waals surface area contributed by atoms with Crippen molar-refractivity contribution < 1.29 is 19.1 Å². The van der Waals surface area contributed by atoms with Crippen LogP contribution in [-0.4, -0.2) is 50.1 Å². The van der Waals surface area contributed by atoms with Gasteiger partial charge < -0.3 is 31.6 Å². The number of aldehydes is 1. The molecule has 6 N–H and O–H groups in total. The summed E-state index contributed by atoms with van der Waals surface area (Å²) in [5.41, 5.74) is 16.2. The molecule has 33 heavy (non-hydrogen) atoms. The first-order valence-electron chi connectivity index (χ1n) is 11.2. The Balaban J connectivity index is 1.44. The van der Waals surface area contributed by atoms with Crippen LogP contribution in [0.3, 0.4) is 0 Å². The van der Waals surface area contributed by atoms with Gasteiger partial charge in [-0.2, -0.15) is 0 Å². The molecule has 176 valence electrons. The Kier molecular flexibility index (Phi) is 8.57. The van der Waals surface area contributed by atoms with Crippen LogP contribution in [0.4, 0.5) is 4.79 Å². The zero-order valence-electron chi connectivity index (χ0n) is 18.8. The van der Waals surface area contributed by atoms with E-state index in [2.05, 4.69) is 34.9 Å². The lowest BCUT2D eigenvalue weighted by molar-refractivity contribution is -0.123. The van der Waals surface area contributed by atoms with Gasteiger partial charge in [0.2, 0.25) is 5.91 Å². The van der Waals surface area contributed by atoms with Gasteiger partial charge in [-0.05, 0) is 35.1 Å². The van der Waals surface area contributed by atoms with E-state index < -0.39 is 12.1 Å². The second kappa shape index (κ2) is 11.6. The second-order valence-corrected chi connectivity index (χ2v) is 8.44. The average molecular weight is 453 g/mol. The van der Waals surface area contributed by atoms with Crippen molar-refractivity contribution in [3.63, 3.8) is 0 Å². The fourth-order valence-electron chi connectivity index (χ4n) is 4.14. The normalized spacial score (nSPS) is 15.0. The van der Waals surface area contributed by atoms with E-state index in [9.17, 15) is 14.4 Å². The third-order valence-electron chi connectivity index (χ3n) is 5.92. The summed E-state index contributed by atoms with van der Waals surface area (Å²) < 4.78 is 5.48. The highest BCUT2D eigenvalue weighted by atomic mass is 16.5. The summed E-state index contributed by atoms with van der Waals surface area (Å²) >= 11 is 0. The van der Waals surface area contributed by atoms with E-state index in [0.717, 1.165) is 28.5 Å². The molecular formula is C25H32N4O4. The van der Waals surface area contributed by atoms with Crippen LogP contribution in [0.15, 0.2) is 48.5 Å². The van der Waals surface area contributed by atoms with Crippen LogP contribution < -0.4 is 22.1 Å². The average Bonchev–Trinajstić information content (AvgIpc) is 3.15. The lowest BCUT2D eigenvalue weighted by atomic mass is 9.98. The smallest absolute Gasteiger partial charge is 0.407 e. The van der Waals surface area contributed by atoms with Crippen LogP contribution in [0.25, 0.3) is 11.1 Å². The number of nitrogens with two attached hydrogens (primary N) is 2. The summed E-state index contributed by atoms with van der Waals surface area (Å²) in [6.07, 6.45) is 0.976. The first-order valence-corrected chi connectivity index (χ1v) is 11.2. The molecule has 0 saturated carbocycles. The van der Waals surface area contributed by atoms with Gasteiger partial charge in [-0.15, -0.1) is 0 Å². The second-order valence-electron chi connectivity index (χ2n) is 8.44. The Morgan fingerprint density at radius 3 is 2.27 bits per heavy atom. The zero-order chi connectivity index (χ0) is 23.8. The van der Waals surface area contributed by atoms with Crippen molar-refractivity contribution >= 4 is 18.3 Å². The standard InChI is InChI=1S/C25H32N4O4/c1-16(14-30)12-17(13-26)29-24(31)23(27)10-11-28-25(32)33-15-22-20-8-4-2-6-18(20)19-7-3-5-9-21(19)22/h2-9,14,16-17,22-23H,10-13,15,26-27H2,1H3,(H,28,32)(H,29,31)/t16-,17-,23-/m0/s1. The summed E-state index contributed by atoms with van der Waals surface area (Å²) in [6.45, 7) is 2.40. The summed E-state index contributed by atoms with van der Waals surface area (Å²) in [7, 11) is 0. The molecule has 1 aliphatic rings. The minimum atomic E-state index is -0.806. The molecule has 2 amide bonds. The Labute approximate surface area is 194 Å². The van der Waals surface area contributed by atoms with E-state index in [-0.39, 0.29) is 49.9 Å². The van der Waals surface area contributed by atoms with Gasteiger partial charge in [-0.1, -0.05) is 55.5 Å². The van der Waals surface area contributed by atoms with Crippen molar-refractivity contribution in [2.45, 2.75) is 37.8 Å². The van der Waals surface area contributed by atoms with Crippen molar-refractivity contribution in [2.24, 2.45) is 17.4 Å². The maximum absolute atomic E-state index is 12.3. The van der Waals surface area contributed by atoms with Crippen LogP contribution in [0.1, 0.15) is 36.8 Å². The highest BCUT2D eigenvalue weighted by molar-refractivity contribution is 5.82. The van der Waals surface area contributed by atoms with Crippen molar-refractivity contribution in [1.82, 2.24) is 10.6 Å². The predicted molar refractivity (Wildman–Crippen MR) is 126 cm³/mol. The van der Waals surface area contributed by atoms with Crippen LogP contribution in [0.5, 0.6) is 0 Å². The van der Waals surface area contributed by atoms with Crippen molar-refractivity contribution in [1.29, 1.82) is 0 Å². The van der Waals surface area contributed by atoms with Crippen molar-refractivity contribution in [3.05, 3.63) is 59.7 Å². The molecule has 0 heterocycles. The molecule has 0 aliphatic heterocycles. The van der Waals surface area contributed by atoms with E-state index in [1.54, 1.807) is 6.92 Å². The highest BCUT2D eigenvalue weighted by Gasteiger charge is 2.29. The molecule has 8 heteroatoms. The van der Waals surface area contributed by atoms with Gasteiger partial charge >= 0.3 is 6.09 Å². The largest absolute Gasteiger partial charge is 0.449 e. The molecule has 0 saturated heterocycles. The van der Waals surface area contributed by atoms with E-state index in [1.165, 1.54) is 0 Å². The fraction of sp³-hybridized carbons (Fsp3) is 0.400. The summed E-state index contributed by atoms with van der Waals surface area (Å²) in [5, 5.41) is 5.42. The lowest BCUT2D eigenvalue weighted by Gasteiger charge is -2.21. The maximum atomic E-state index is 12.3. The molecule has 2 aromatic carbocycles. The number of hydrogen-bond donors (Lipinski definition) is 4. The van der Waals surface area contributed by atoms with Gasteiger partial charge in [0.15, 0.2) is 0 Å². The Morgan fingerprint density at radius 2 is 1.70 bits per heavy atom. The van der Waals surface area contributed by atoms with E-state index >= 15 is 0 Å². The topological polar surface area (TPSA) is 137 Å².